The van der Waals surface area contributed by atoms with Crippen LogP contribution in [0.2, 0.25) is 0 Å². The molecule has 0 aliphatic heterocycles. The van der Waals surface area contributed by atoms with Crippen molar-refractivity contribution in [3.05, 3.63) is 135 Å². The smallest absolute Gasteiger partial charge is 0.325 e. The van der Waals surface area contributed by atoms with Gasteiger partial charge in [-0.25, -0.2) is 4.79 Å². The van der Waals surface area contributed by atoms with E-state index in [-0.39, 0.29) is 17.6 Å². The van der Waals surface area contributed by atoms with E-state index in [4.69, 9.17) is 4.74 Å². The maximum absolute atomic E-state index is 10.2. The number of hydrogen-bond donors (Lipinski definition) is 3. The van der Waals surface area contributed by atoms with Crippen molar-refractivity contribution >= 4 is 0 Å². The van der Waals surface area contributed by atoms with Gasteiger partial charge in [-0.15, -0.1) is 0 Å². The predicted molar refractivity (Wildman–Crippen MR) is 137 cm³/mol. The van der Waals surface area contributed by atoms with Gasteiger partial charge in [0.05, 0.1) is 7.11 Å². The molecule has 1 saturated carbocycles. The topological polar surface area (TPSA) is 95.2 Å². The molecule has 4 aromatic rings. The molecule has 6 heteroatoms. The van der Waals surface area contributed by atoms with E-state index in [1.165, 1.54) is 29.0 Å². The van der Waals surface area contributed by atoms with E-state index in [9.17, 15) is 14.7 Å². The second kappa shape index (κ2) is 11.0. The zero-order valence-corrected chi connectivity index (χ0v) is 19.7. The number of H-pyrrole nitrogens is 2. The summed E-state index contributed by atoms with van der Waals surface area (Å²) < 4.78 is 5.56. The summed E-state index contributed by atoms with van der Waals surface area (Å²) in [6.45, 7) is 0.272. The number of rotatable bonds is 6. The summed E-state index contributed by atoms with van der Waals surface area (Å²) in [4.78, 5) is 24.7. The van der Waals surface area contributed by atoms with Gasteiger partial charge in [0, 0.05) is 24.3 Å². The van der Waals surface area contributed by atoms with Crippen molar-refractivity contribution in [2.45, 2.75) is 18.3 Å². The standard InChI is InChI=1S/C25H26O2.C4H4N2O2/c1-27-24-14-8-13-22(17-24)25(20-9-4-2-5-10-20,21-11-6-3-7-12-21)23-15-19(16-23)18-26;7-3-1-2-5-4(8)6-3/h2-14,17,19,23,26H,15-16,18H2,1H3;1-2H,(H2,5,6,7,8). The fourth-order valence-electron chi connectivity index (χ4n) is 5.10. The maximum Gasteiger partial charge on any atom is 0.325 e. The average Bonchev–Trinajstić information content (AvgIpc) is 2.87. The Hall–Kier alpha value is -3.90. The number of aromatic nitrogens is 2. The highest BCUT2D eigenvalue weighted by molar-refractivity contribution is 5.53. The molecule has 1 aliphatic rings. The summed E-state index contributed by atoms with van der Waals surface area (Å²) in [6.07, 6.45) is 3.34. The minimum absolute atomic E-state index is 0.247. The van der Waals surface area contributed by atoms with E-state index >= 15 is 0 Å². The lowest BCUT2D eigenvalue weighted by molar-refractivity contribution is 0.0775. The lowest BCUT2D eigenvalue weighted by atomic mass is 9.53. The Labute approximate surface area is 204 Å². The molecule has 0 spiro atoms. The fourth-order valence-corrected chi connectivity index (χ4v) is 5.10. The molecule has 0 atom stereocenters. The van der Waals surface area contributed by atoms with E-state index < -0.39 is 5.69 Å². The molecule has 0 radical (unpaired) electrons. The number of ether oxygens (including phenoxy) is 1. The van der Waals surface area contributed by atoms with Gasteiger partial charge < -0.3 is 14.8 Å². The number of methoxy groups -OCH3 is 1. The third-order valence-electron chi connectivity index (χ3n) is 6.78. The maximum atomic E-state index is 10.2. The van der Waals surface area contributed by atoms with Gasteiger partial charge in [-0.1, -0.05) is 72.8 Å². The molecular weight excluding hydrogens is 440 g/mol. The largest absolute Gasteiger partial charge is 0.497 e. The summed E-state index contributed by atoms with van der Waals surface area (Å²) in [5, 5.41) is 9.64. The minimum Gasteiger partial charge on any atom is -0.497 e. The van der Waals surface area contributed by atoms with Crippen LogP contribution in [0.15, 0.2) is 107 Å². The monoisotopic (exact) mass is 470 g/mol. The van der Waals surface area contributed by atoms with Crippen molar-refractivity contribution < 1.29 is 9.84 Å². The number of hydrogen-bond acceptors (Lipinski definition) is 4. The third kappa shape index (κ3) is 5.12. The molecule has 35 heavy (non-hydrogen) atoms. The van der Waals surface area contributed by atoms with Crippen LogP contribution < -0.4 is 16.0 Å². The Balaban J connectivity index is 0.000000308. The SMILES string of the molecule is COc1cccc(C(c2ccccc2)(c2ccccc2)C2CC(CO)C2)c1.O=c1cc[nH]c(=O)[nH]1. The molecule has 3 N–H and O–H groups in total. The van der Waals surface area contributed by atoms with Crippen molar-refractivity contribution in [2.24, 2.45) is 11.8 Å². The zero-order chi connectivity index (χ0) is 24.7. The lowest BCUT2D eigenvalue weighted by Crippen LogP contribution is -2.45. The lowest BCUT2D eigenvalue weighted by Gasteiger charge is -2.50. The quantitative estimate of drug-likeness (QED) is 0.370. The highest BCUT2D eigenvalue weighted by atomic mass is 16.5. The molecule has 1 aliphatic carbocycles. The summed E-state index contributed by atoms with van der Waals surface area (Å²) in [5.74, 6) is 1.71. The Morgan fingerprint density at radius 1 is 0.857 bits per heavy atom. The van der Waals surface area contributed by atoms with E-state index in [2.05, 4.69) is 83.8 Å². The van der Waals surface area contributed by atoms with Crippen LogP contribution >= 0.6 is 0 Å². The molecule has 5 rings (SSSR count). The van der Waals surface area contributed by atoms with Crippen LogP contribution in [0.25, 0.3) is 0 Å². The van der Waals surface area contributed by atoms with Crippen molar-refractivity contribution in [1.82, 2.24) is 9.97 Å². The number of aliphatic hydroxyl groups excluding tert-OH is 1. The van der Waals surface area contributed by atoms with Gasteiger partial charge in [-0.05, 0) is 53.5 Å². The van der Waals surface area contributed by atoms with E-state index in [0.717, 1.165) is 18.6 Å². The average molecular weight is 471 g/mol. The fraction of sp³-hybridized carbons (Fsp3) is 0.241. The first-order chi connectivity index (χ1) is 17.1. The summed E-state index contributed by atoms with van der Waals surface area (Å²) in [6, 6.07) is 31.3. The van der Waals surface area contributed by atoms with E-state index in [1.54, 1.807) is 7.11 Å². The minimum atomic E-state index is -0.475. The number of nitrogens with one attached hydrogen (secondary N) is 2. The van der Waals surface area contributed by atoms with Crippen LogP contribution in [-0.4, -0.2) is 28.8 Å². The molecule has 1 aromatic heterocycles. The number of aliphatic hydroxyl groups is 1. The summed E-state index contributed by atoms with van der Waals surface area (Å²) in [5.41, 5.74) is 2.74. The molecule has 3 aromatic carbocycles. The Morgan fingerprint density at radius 3 is 1.94 bits per heavy atom. The summed E-state index contributed by atoms with van der Waals surface area (Å²) >= 11 is 0. The van der Waals surface area contributed by atoms with Crippen LogP contribution in [0.5, 0.6) is 5.75 Å². The first kappa shape index (κ1) is 24.2. The first-order valence-corrected chi connectivity index (χ1v) is 11.7. The van der Waals surface area contributed by atoms with Gasteiger partial charge >= 0.3 is 5.69 Å². The van der Waals surface area contributed by atoms with Crippen molar-refractivity contribution in [1.29, 1.82) is 0 Å². The number of aromatic amines is 2. The van der Waals surface area contributed by atoms with Gasteiger partial charge in [-0.3, -0.25) is 9.78 Å². The van der Waals surface area contributed by atoms with Gasteiger partial charge in [-0.2, -0.15) is 0 Å². The molecule has 0 saturated heterocycles. The van der Waals surface area contributed by atoms with Crippen molar-refractivity contribution in [3.63, 3.8) is 0 Å². The highest BCUT2D eigenvalue weighted by Crippen LogP contribution is 2.54. The van der Waals surface area contributed by atoms with E-state index in [1.807, 2.05) is 11.1 Å². The molecule has 180 valence electrons. The summed E-state index contributed by atoms with van der Waals surface area (Å²) in [7, 11) is 1.72. The van der Waals surface area contributed by atoms with Crippen LogP contribution in [0, 0.1) is 11.8 Å². The Bertz CT molecular complexity index is 1260. The van der Waals surface area contributed by atoms with E-state index in [0.29, 0.717) is 11.8 Å². The Kier molecular flexibility index (Phi) is 7.63. The molecule has 0 unspecified atom stereocenters. The van der Waals surface area contributed by atoms with Crippen LogP contribution in [0.4, 0.5) is 0 Å². The molecule has 1 heterocycles. The second-order valence-electron chi connectivity index (χ2n) is 8.78. The number of benzene rings is 3. The molecule has 0 bridgehead atoms. The molecule has 6 nitrogen and oxygen atoms in total. The Morgan fingerprint density at radius 2 is 1.46 bits per heavy atom. The normalized spacial score (nSPS) is 17.0. The van der Waals surface area contributed by atoms with Crippen LogP contribution in [0.3, 0.4) is 0 Å². The van der Waals surface area contributed by atoms with Gasteiger partial charge in [0.15, 0.2) is 0 Å². The molecule has 1 fully saturated rings. The predicted octanol–water partition coefficient (Wildman–Crippen LogP) is 4.11. The third-order valence-corrected chi connectivity index (χ3v) is 6.78. The molecular formula is C29H30N2O4. The van der Waals surface area contributed by atoms with Crippen molar-refractivity contribution in [2.75, 3.05) is 13.7 Å². The second-order valence-corrected chi connectivity index (χ2v) is 8.78. The van der Waals surface area contributed by atoms with Crippen LogP contribution in [-0.2, 0) is 5.41 Å². The van der Waals surface area contributed by atoms with Gasteiger partial charge in [0.1, 0.15) is 5.75 Å². The van der Waals surface area contributed by atoms with Gasteiger partial charge in [0.2, 0.25) is 0 Å². The van der Waals surface area contributed by atoms with Crippen molar-refractivity contribution in [3.8, 4) is 5.75 Å². The zero-order valence-electron chi connectivity index (χ0n) is 19.7. The van der Waals surface area contributed by atoms with Crippen LogP contribution in [0.1, 0.15) is 29.5 Å². The van der Waals surface area contributed by atoms with Gasteiger partial charge in [0.25, 0.3) is 5.56 Å². The highest BCUT2D eigenvalue weighted by Gasteiger charge is 2.49. The first-order valence-electron chi connectivity index (χ1n) is 11.7. The molecule has 0 amide bonds.